The van der Waals surface area contributed by atoms with Gasteiger partial charge in [0.2, 0.25) is 8.32 Å². The maximum absolute atomic E-state index is 6.43. The van der Waals surface area contributed by atoms with E-state index < -0.39 is 8.32 Å². The van der Waals surface area contributed by atoms with Crippen LogP contribution < -0.4 is 0 Å². The van der Waals surface area contributed by atoms with E-state index in [-0.39, 0.29) is 0 Å². The third kappa shape index (κ3) is 3.10. The molecule has 0 spiro atoms. The molecule has 0 bridgehead atoms. The second-order valence-electron chi connectivity index (χ2n) is 5.21. The fourth-order valence-electron chi connectivity index (χ4n) is 3.09. The lowest BCUT2D eigenvalue weighted by Crippen LogP contribution is -2.49. The molecule has 16 heavy (non-hydrogen) atoms. The van der Waals surface area contributed by atoms with Gasteiger partial charge in [-0.3, -0.25) is 0 Å². The monoisotopic (exact) mass is 244 g/mol. The minimum absolute atomic E-state index is 0.775. The fourth-order valence-corrected chi connectivity index (χ4v) is 9.27. The Morgan fingerprint density at radius 3 is 1.25 bits per heavy atom. The Balaban J connectivity index is 5.19. The third-order valence-electron chi connectivity index (χ3n) is 4.54. The van der Waals surface area contributed by atoms with Crippen LogP contribution in [0.5, 0.6) is 0 Å². The van der Waals surface area contributed by atoms with E-state index in [2.05, 4.69) is 48.5 Å². The molecule has 3 atom stereocenters. The fraction of sp³-hybridized carbons (Fsp3) is 1.00. The van der Waals surface area contributed by atoms with Gasteiger partial charge < -0.3 is 4.43 Å². The highest BCUT2D eigenvalue weighted by Crippen LogP contribution is 2.46. The Morgan fingerprint density at radius 1 is 0.750 bits per heavy atom. The smallest absolute Gasteiger partial charge is 0.201 e. The molecular weight excluding hydrogens is 212 g/mol. The van der Waals surface area contributed by atoms with Crippen LogP contribution in [0.15, 0.2) is 0 Å². The van der Waals surface area contributed by atoms with Gasteiger partial charge in [0.15, 0.2) is 0 Å². The largest absolute Gasteiger partial charge is 0.416 e. The second-order valence-corrected chi connectivity index (χ2v) is 10.2. The first-order valence-electron chi connectivity index (χ1n) is 7.14. The summed E-state index contributed by atoms with van der Waals surface area (Å²) < 4.78 is 6.43. The van der Waals surface area contributed by atoms with Crippen molar-refractivity contribution in [2.24, 2.45) is 0 Å². The minimum Gasteiger partial charge on any atom is -0.416 e. The SMILES string of the molecule is CCO[Si](C(C)CC)(C(C)CC)C(C)CC. The molecule has 2 heteroatoms. The zero-order valence-electron chi connectivity index (χ0n) is 12.5. The molecule has 0 aliphatic carbocycles. The predicted octanol–water partition coefficient (Wildman–Crippen LogP) is 5.37. The summed E-state index contributed by atoms with van der Waals surface area (Å²) in [4.78, 5) is 0. The Kier molecular flexibility index (Phi) is 7.58. The Morgan fingerprint density at radius 2 is 1.06 bits per heavy atom. The van der Waals surface area contributed by atoms with Gasteiger partial charge in [-0.05, 0) is 23.5 Å². The van der Waals surface area contributed by atoms with Gasteiger partial charge in [0.05, 0.1) is 0 Å². The van der Waals surface area contributed by atoms with E-state index in [1.165, 1.54) is 19.3 Å². The van der Waals surface area contributed by atoms with Crippen molar-refractivity contribution < 1.29 is 4.43 Å². The summed E-state index contributed by atoms with van der Waals surface area (Å²) in [6.45, 7) is 17.3. The molecule has 0 aliphatic rings. The van der Waals surface area contributed by atoms with Gasteiger partial charge in [0.25, 0.3) is 0 Å². The molecule has 0 N–H and O–H groups in total. The van der Waals surface area contributed by atoms with Crippen molar-refractivity contribution in [3.63, 3.8) is 0 Å². The van der Waals surface area contributed by atoms with Crippen LogP contribution in [0.25, 0.3) is 0 Å². The Labute approximate surface area is 104 Å². The van der Waals surface area contributed by atoms with E-state index in [0.717, 1.165) is 23.2 Å². The van der Waals surface area contributed by atoms with Crippen molar-refractivity contribution in [1.29, 1.82) is 0 Å². The molecule has 0 rings (SSSR count). The topological polar surface area (TPSA) is 9.23 Å². The molecule has 98 valence electrons. The minimum atomic E-state index is -1.61. The van der Waals surface area contributed by atoms with E-state index >= 15 is 0 Å². The standard InChI is InChI=1S/C14H32OSi/c1-8-12(5)16(15-11-4,13(6)9-2)14(7)10-3/h12-14H,8-11H2,1-7H3. The highest BCUT2D eigenvalue weighted by molar-refractivity contribution is 6.77. The van der Waals surface area contributed by atoms with E-state index in [9.17, 15) is 0 Å². The molecule has 0 fully saturated rings. The lowest BCUT2D eigenvalue weighted by molar-refractivity contribution is 0.287. The van der Waals surface area contributed by atoms with Crippen molar-refractivity contribution in [3.05, 3.63) is 0 Å². The molecule has 0 saturated heterocycles. The van der Waals surface area contributed by atoms with Crippen molar-refractivity contribution >= 4 is 8.32 Å². The molecule has 0 aromatic heterocycles. The van der Waals surface area contributed by atoms with Crippen LogP contribution in [-0.2, 0) is 4.43 Å². The van der Waals surface area contributed by atoms with Crippen LogP contribution in [0.3, 0.4) is 0 Å². The molecule has 0 radical (unpaired) electrons. The van der Waals surface area contributed by atoms with E-state index in [1.807, 2.05) is 0 Å². The summed E-state index contributed by atoms with van der Waals surface area (Å²) in [7, 11) is -1.61. The van der Waals surface area contributed by atoms with Gasteiger partial charge in [0.1, 0.15) is 0 Å². The van der Waals surface area contributed by atoms with Gasteiger partial charge in [-0.25, -0.2) is 0 Å². The maximum Gasteiger partial charge on any atom is 0.201 e. The summed E-state index contributed by atoms with van der Waals surface area (Å²) >= 11 is 0. The Bertz CT molecular complexity index is 155. The van der Waals surface area contributed by atoms with Crippen molar-refractivity contribution in [1.82, 2.24) is 0 Å². The molecule has 1 nitrogen and oxygen atoms in total. The van der Waals surface area contributed by atoms with Gasteiger partial charge in [0, 0.05) is 6.61 Å². The van der Waals surface area contributed by atoms with Gasteiger partial charge >= 0.3 is 0 Å². The van der Waals surface area contributed by atoms with E-state index in [1.54, 1.807) is 0 Å². The summed E-state index contributed by atoms with van der Waals surface area (Å²) in [6.07, 6.45) is 3.79. The van der Waals surface area contributed by atoms with Gasteiger partial charge in [-0.15, -0.1) is 0 Å². The summed E-state index contributed by atoms with van der Waals surface area (Å²) in [5, 5.41) is 0. The Hall–Kier alpha value is 0.177. The van der Waals surface area contributed by atoms with Crippen molar-refractivity contribution in [3.8, 4) is 0 Å². The molecule has 0 aromatic rings. The molecule has 0 amide bonds. The highest BCUT2D eigenvalue weighted by Gasteiger charge is 2.47. The first-order chi connectivity index (χ1) is 7.50. The van der Waals surface area contributed by atoms with Crippen LogP contribution in [-0.4, -0.2) is 14.9 Å². The van der Waals surface area contributed by atoms with Crippen molar-refractivity contribution in [2.45, 2.75) is 84.4 Å². The number of hydrogen-bond donors (Lipinski definition) is 0. The second kappa shape index (κ2) is 7.49. The molecule has 0 heterocycles. The average molecular weight is 244 g/mol. The van der Waals surface area contributed by atoms with Gasteiger partial charge in [-0.2, -0.15) is 0 Å². The maximum atomic E-state index is 6.43. The summed E-state index contributed by atoms with van der Waals surface area (Å²) in [5.74, 6) is 0. The quantitative estimate of drug-likeness (QED) is 0.522. The highest BCUT2D eigenvalue weighted by atomic mass is 28.4. The molecule has 0 saturated carbocycles. The van der Waals surface area contributed by atoms with Crippen molar-refractivity contribution in [2.75, 3.05) is 6.61 Å². The zero-order chi connectivity index (χ0) is 12.8. The molecule has 0 aliphatic heterocycles. The van der Waals surface area contributed by atoms with Crippen LogP contribution >= 0.6 is 0 Å². The number of hydrogen-bond acceptors (Lipinski definition) is 1. The average Bonchev–Trinajstić information content (AvgIpc) is 2.32. The lowest BCUT2D eigenvalue weighted by Gasteiger charge is -2.45. The van der Waals surface area contributed by atoms with E-state index in [0.29, 0.717) is 0 Å². The number of rotatable bonds is 8. The predicted molar refractivity (Wildman–Crippen MR) is 76.5 cm³/mol. The van der Waals surface area contributed by atoms with Crippen LogP contribution in [0.1, 0.15) is 67.7 Å². The lowest BCUT2D eigenvalue weighted by atomic mass is 10.3. The normalized spacial score (nSPS) is 21.2. The molecule has 3 unspecified atom stereocenters. The van der Waals surface area contributed by atoms with Gasteiger partial charge in [-0.1, -0.05) is 60.8 Å². The van der Waals surface area contributed by atoms with Crippen LogP contribution in [0, 0.1) is 0 Å². The van der Waals surface area contributed by atoms with Crippen LogP contribution in [0.4, 0.5) is 0 Å². The molecule has 0 aromatic carbocycles. The summed E-state index contributed by atoms with van der Waals surface area (Å²) in [5.41, 5.74) is 2.33. The first kappa shape index (κ1) is 16.2. The van der Waals surface area contributed by atoms with Crippen LogP contribution in [0.2, 0.25) is 16.6 Å². The van der Waals surface area contributed by atoms with E-state index in [4.69, 9.17) is 4.43 Å². The molecular formula is C14H32OSi. The zero-order valence-corrected chi connectivity index (χ0v) is 13.5. The third-order valence-corrected chi connectivity index (χ3v) is 11.2. The first-order valence-corrected chi connectivity index (χ1v) is 9.28. The summed E-state index contributed by atoms with van der Waals surface area (Å²) in [6, 6.07) is 0.